The molecule has 1 aromatic heterocycles. The molecule has 2 fully saturated rings. The van der Waals surface area contributed by atoms with Crippen LogP contribution in [0.2, 0.25) is 0 Å². The van der Waals surface area contributed by atoms with E-state index in [0.717, 1.165) is 12.1 Å². The van der Waals surface area contributed by atoms with Gasteiger partial charge < -0.3 is 4.90 Å². The maximum atomic E-state index is 13.0. The predicted octanol–water partition coefficient (Wildman–Crippen LogP) is 1.44. The van der Waals surface area contributed by atoms with Gasteiger partial charge in [-0.2, -0.15) is 0 Å². The lowest BCUT2D eigenvalue weighted by atomic mass is 9.97. The van der Waals surface area contributed by atoms with Gasteiger partial charge in [0.1, 0.15) is 6.04 Å². The molecule has 2 aromatic rings. The fraction of sp³-hybridized carbons (Fsp3) is 0.429. The van der Waals surface area contributed by atoms with Gasteiger partial charge in [0.15, 0.2) is 0 Å². The summed E-state index contributed by atoms with van der Waals surface area (Å²) in [5.74, 6) is 0.100. The van der Waals surface area contributed by atoms with Crippen molar-refractivity contribution in [2.24, 2.45) is 0 Å². The monoisotopic (exact) mass is 380 g/mol. The first-order valence-electron chi connectivity index (χ1n) is 9.88. The molecule has 148 valence electrons. The minimum atomic E-state index is -0.251. The Morgan fingerprint density at radius 2 is 1.75 bits per heavy atom. The Balaban J connectivity index is 1.34. The number of likely N-dealkylation sites (N-methyl/N-ethyl adjacent to an activating group) is 1. The summed E-state index contributed by atoms with van der Waals surface area (Å²) in [6.45, 7) is 2.10. The van der Waals surface area contributed by atoms with Crippen molar-refractivity contribution in [3.63, 3.8) is 0 Å². The Hall–Kier alpha value is -2.32. The quantitative estimate of drug-likeness (QED) is 0.629. The molecule has 0 bridgehead atoms. The van der Waals surface area contributed by atoms with E-state index < -0.39 is 0 Å². The molecule has 5 atom stereocenters. The summed E-state index contributed by atoms with van der Waals surface area (Å²) in [4.78, 5) is 19.3. The van der Waals surface area contributed by atoms with Crippen LogP contribution in [0.4, 0.5) is 0 Å². The first-order valence-corrected chi connectivity index (χ1v) is 9.88. The Morgan fingerprint density at radius 3 is 2.50 bits per heavy atom. The predicted molar refractivity (Wildman–Crippen MR) is 108 cm³/mol. The Morgan fingerprint density at radius 1 is 1.00 bits per heavy atom. The van der Waals surface area contributed by atoms with E-state index in [4.69, 9.17) is 0 Å². The van der Waals surface area contributed by atoms with Crippen molar-refractivity contribution in [1.82, 2.24) is 31.6 Å². The zero-order chi connectivity index (χ0) is 19.5. The van der Waals surface area contributed by atoms with Gasteiger partial charge in [-0.3, -0.25) is 15.2 Å². The normalized spacial score (nSPS) is 28.2. The molecule has 2 aliphatic heterocycles. The zero-order valence-electron chi connectivity index (χ0n) is 16.3. The molecule has 5 unspecified atom stereocenters. The fourth-order valence-electron chi connectivity index (χ4n) is 4.01. The molecule has 1 amide bonds. The fourth-order valence-corrected chi connectivity index (χ4v) is 4.01. The second-order valence-electron chi connectivity index (χ2n) is 7.67. The molecule has 1 aromatic carbocycles. The maximum absolute atomic E-state index is 13.0. The van der Waals surface area contributed by atoms with Crippen LogP contribution in [0, 0.1) is 0 Å². The van der Waals surface area contributed by atoms with Crippen LogP contribution in [0.15, 0.2) is 54.7 Å². The van der Waals surface area contributed by atoms with E-state index in [9.17, 15) is 4.79 Å². The van der Waals surface area contributed by atoms with Gasteiger partial charge in [0, 0.05) is 31.4 Å². The van der Waals surface area contributed by atoms with Crippen LogP contribution in [0.1, 0.15) is 43.1 Å². The number of nitrogens with zero attached hydrogens (tertiary/aromatic N) is 2. The molecule has 4 rings (SSSR count). The first-order chi connectivity index (χ1) is 13.6. The van der Waals surface area contributed by atoms with Gasteiger partial charge in [-0.15, -0.1) is 0 Å². The van der Waals surface area contributed by atoms with Crippen molar-refractivity contribution in [2.75, 3.05) is 7.05 Å². The lowest BCUT2D eigenvalue weighted by molar-refractivity contribution is -0.134. The minimum absolute atomic E-state index is 0.0487. The number of hydrogen-bond acceptors (Lipinski definition) is 6. The number of benzene rings is 1. The van der Waals surface area contributed by atoms with Crippen LogP contribution < -0.4 is 21.7 Å². The summed E-state index contributed by atoms with van der Waals surface area (Å²) in [7, 11) is 1.89. The van der Waals surface area contributed by atoms with Crippen LogP contribution in [0.5, 0.6) is 0 Å². The van der Waals surface area contributed by atoms with E-state index in [2.05, 4.69) is 57.9 Å². The van der Waals surface area contributed by atoms with Gasteiger partial charge in [0.2, 0.25) is 5.91 Å². The van der Waals surface area contributed by atoms with Gasteiger partial charge in [0.05, 0.1) is 11.7 Å². The Bertz CT molecular complexity index is 786. The molecular weight excluding hydrogens is 352 g/mol. The Kier molecular flexibility index (Phi) is 5.68. The summed E-state index contributed by atoms with van der Waals surface area (Å²) < 4.78 is 0. The van der Waals surface area contributed by atoms with Gasteiger partial charge in [-0.05, 0) is 37.5 Å². The number of rotatable bonds is 5. The third-order valence-corrected chi connectivity index (χ3v) is 5.92. The van der Waals surface area contributed by atoms with E-state index in [1.54, 1.807) is 6.20 Å². The largest absolute Gasteiger partial charge is 0.340 e. The minimum Gasteiger partial charge on any atom is -0.340 e. The Labute approximate surface area is 165 Å². The average molecular weight is 380 g/mol. The van der Waals surface area contributed by atoms with Crippen molar-refractivity contribution in [2.45, 2.75) is 50.0 Å². The lowest BCUT2D eigenvalue weighted by Crippen LogP contribution is -2.53. The molecule has 0 radical (unpaired) electrons. The summed E-state index contributed by atoms with van der Waals surface area (Å²) in [6.07, 6.45) is 3.41. The molecule has 7 nitrogen and oxygen atoms in total. The molecular formula is C21H28N6O. The number of hydrazine groups is 2. The zero-order valence-corrected chi connectivity index (χ0v) is 16.3. The smallest absolute Gasteiger partial charge is 0.241 e. The van der Waals surface area contributed by atoms with Crippen LogP contribution in [-0.4, -0.2) is 41.0 Å². The highest BCUT2D eigenvalue weighted by Gasteiger charge is 2.37. The highest BCUT2D eigenvalue weighted by molar-refractivity contribution is 5.82. The molecule has 2 aliphatic rings. The van der Waals surface area contributed by atoms with Crippen LogP contribution >= 0.6 is 0 Å². The standard InChI is InChI=1S/C21H28N6O/c1-14(17-12-18(24-23-17)15-8-4-3-5-9-15)27(2)21(28)20-13-19(25-26-20)16-10-6-7-11-22-16/h3-11,14,17-20,23-26H,12-13H2,1-2H3. The van der Waals surface area contributed by atoms with Gasteiger partial charge in [-0.1, -0.05) is 36.4 Å². The third kappa shape index (κ3) is 3.93. The molecule has 2 saturated heterocycles. The summed E-state index contributed by atoms with van der Waals surface area (Å²) in [5.41, 5.74) is 15.3. The van der Waals surface area contributed by atoms with Crippen LogP contribution in [0.3, 0.4) is 0 Å². The van der Waals surface area contributed by atoms with Crippen molar-refractivity contribution in [3.8, 4) is 0 Å². The molecule has 7 heteroatoms. The number of nitrogens with one attached hydrogen (secondary N) is 4. The second kappa shape index (κ2) is 8.36. The number of aromatic nitrogens is 1. The SMILES string of the molecule is CC(C1CC(c2ccccc2)NN1)N(C)C(=O)C1CC(c2ccccn2)NN1. The van der Waals surface area contributed by atoms with E-state index in [1.807, 2.05) is 36.2 Å². The highest BCUT2D eigenvalue weighted by atomic mass is 16.2. The maximum Gasteiger partial charge on any atom is 0.241 e. The number of amides is 1. The third-order valence-electron chi connectivity index (χ3n) is 5.92. The molecule has 0 spiro atoms. The summed E-state index contributed by atoms with van der Waals surface area (Å²) >= 11 is 0. The number of hydrogen-bond donors (Lipinski definition) is 4. The summed E-state index contributed by atoms with van der Waals surface area (Å²) in [5, 5.41) is 0. The molecule has 4 N–H and O–H groups in total. The molecule has 0 aliphatic carbocycles. The van der Waals surface area contributed by atoms with E-state index in [1.165, 1.54) is 5.56 Å². The average Bonchev–Trinajstić information content (AvgIpc) is 3.44. The molecule has 0 saturated carbocycles. The molecule has 28 heavy (non-hydrogen) atoms. The van der Waals surface area contributed by atoms with Crippen LogP contribution in [-0.2, 0) is 4.79 Å². The number of carbonyl (C=O) groups is 1. The summed E-state index contributed by atoms with van der Waals surface area (Å²) in [6, 6.07) is 16.6. The van der Waals surface area contributed by atoms with Crippen molar-refractivity contribution in [1.29, 1.82) is 0 Å². The topological polar surface area (TPSA) is 81.3 Å². The molecule has 3 heterocycles. The van der Waals surface area contributed by atoms with Crippen LogP contribution in [0.25, 0.3) is 0 Å². The lowest BCUT2D eigenvalue weighted by Gasteiger charge is -2.31. The number of carbonyl (C=O) groups excluding carboxylic acids is 1. The van der Waals surface area contributed by atoms with Gasteiger partial charge >= 0.3 is 0 Å². The number of pyridine rings is 1. The van der Waals surface area contributed by atoms with E-state index >= 15 is 0 Å². The van der Waals surface area contributed by atoms with Crippen molar-refractivity contribution >= 4 is 5.91 Å². The van der Waals surface area contributed by atoms with Crippen molar-refractivity contribution < 1.29 is 4.79 Å². The van der Waals surface area contributed by atoms with E-state index in [0.29, 0.717) is 6.42 Å². The van der Waals surface area contributed by atoms with Gasteiger partial charge in [-0.25, -0.2) is 16.3 Å². The second-order valence-corrected chi connectivity index (χ2v) is 7.67. The van der Waals surface area contributed by atoms with E-state index in [-0.39, 0.29) is 36.1 Å². The van der Waals surface area contributed by atoms with Crippen molar-refractivity contribution in [3.05, 3.63) is 66.0 Å². The highest BCUT2D eigenvalue weighted by Crippen LogP contribution is 2.26. The van der Waals surface area contributed by atoms with Gasteiger partial charge in [0.25, 0.3) is 0 Å². The first kappa shape index (κ1) is 19.0.